The highest BCUT2D eigenvalue weighted by atomic mass is 15.1. The summed E-state index contributed by atoms with van der Waals surface area (Å²) in [6.07, 6.45) is 12.0. The topological polar surface area (TPSA) is 30.7 Å². The molecule has 2 aliphatic carbocycles. The van der Waals surface area contributed by atoms with Crippen LogP contribution in [-0.2, 0) is 5.41 Å². The maximum absolute atomic E-state index is 5.22. The van der Waals surface area contributed by atoms with Gasteiger partial charge in [0.15, 0.2) is 0 Å². The van der Waals surface area contributed by atoms with Crippen LogP contribution in [0.25, 0.3) is 39.3 Å². The fourth-order valence-corrected chi connectivity index (χ4v) is 9.39. The summed E-state index contributed by atoms with van der Waals surface area (Å²) in [5.41, 5.74) is 18.5. The van der Waals surface area contributed by atoms with Crippen LogP contribution in [0, 0.1) is 33.6 Å². The van der Waals surface area contributed by atoms with E-state index in [9.17, 15) is 0 Å². The van der Waals surface area contributed by atoms with Gasteiger partial charge >= 0.3 is 0 Å². The van der Waals surface area contributed by atoms with E-state index in [1.54, 1.807) is 5.56 Å². The highest BCUT2D eigenvalue weighted by Crippen LogP contribution is 2.58. The number of pyridine rings is 1. The average Bonchev–Trinajstić information content (AvgIpc) is 3.44. The first kappa shape index (κ1) is 34.5. The number of aromatic nitrogens is 3. The molecule has 2 fully saturated rings. The number of benzene rings is 3. The molecule has 3 nitrogen and oxygen atoms in total. The largest absolute Gasteiger partial charge is 0.299 e. The van der Waals surface area contributed by atoms with E-state index in [4.69, 9.17) is 4.98 Å². The summed E-state index contributed by atoms with van der Waals surface area (Å²) in [4.78, 5) is 9.84. The summed E-state index contributed by atoms with van der Waals surface area (Å²) in [7, 11) is 0. The summed E-state index contributed by atoms with van der Waals surface area (Å²) >= 11 is 0. The van der Waals surface area contributed by atoms with E-state index in [0.29, 0.717) is 23.7 Å². The van der Waals surface area contributed by atoms with Gasteiger partial charge in [-0.25, -0.2) is 4.98 Å². The molecule has 0 aliphatic heterocycles. The van der Waals surface area contributed by atoms with E-state index in [2.05, 4.69) is 140 Å². The maximum Gasteiger partial charge on any atom is 0.144 e. The van der Waals surface area contributed by atoms with Crippen LogP contribution in [0.5, 0.6) is 0 Å². The smallest absolute Gasteiger partial charge is 0.144 e. The zero-order valence-electron chi connectivity index (χ0n) is 32.2. The predicted octanol–water partition coefficient (Wildman–Crippen LogP) is 13.1. The Morgan fingerprint density at radius 1 is 0.780 bits per heavy atom. The Bertz CT molecular complexity index is 1980. The van der Waals surface area contributed by atoms with Crippen LogP contribution in [0.2, 0.25) is 0 Å². The van der Waals surface area contributed by atoms with Gasteiger partial charge in [0.1, 0.15) is 5.82 Å². The van der Waals surface area contributed by atoms with Crippen LogP contribution in [0.1, 0.15) is 143 Å². The van der Waals surface area contributed by atoms with Crippen LogP contribution < -0.4 is 0 Å². The Morgan fingerprint density at radius 3 is 1.94 bits per heavy atom. The van der Waals surface area contributed by atoms with Crippen molar-refractivity contribution in [2.75, 3.05) is 0 Å². The molecule has 7 rings (SSSR count). The van der Waals surface area contributed by atoms with Crippen molar-refractivity contribution in [1.82, 2.24) is 14.5 Å². The van der Waals surface area contributed by atoms with Gasteiger partial charge in [0.05, 0.1) is 5.69 Å². The third kappa shape index (κ3) is 6.16. The molecule has 0 radical (unpaired) electrons. The van der Waals surface area contributed by atoms with Crippen molar-refractivity contribution < 1.29 is 0 Å². The molecule has 0 saturated heterocycles. The maximum atomic E-state index is 5.22. The Kier molecular flexibility index (Phi) is 9.16. The highest BCUT2D eigenvalue weighted by molar-refractivity contribution is 5.81. The monoisotopic (exact) mass is 663 g/mol. The molecular formula is C47H57N3. The van der Waals surface area contributed by atoms with E-state index in [-0.39, 0.29) is 5.41 Å². The second kappa shape index (κ2) is 13.3. The van der Waals surface area contributed by atoms with Crippen LogP contribution >= 0.6 is 0 Å². The number of imidazole rings is 1. The summed E-state index contributed by atoms with van der Waals surface area (Å²) in [5, 5.41) is 0. The summed E-state index contributed by atoms with van der Waals surface area (Å²) < 4.78 is 2.45. The van der Waals surface area contributed by atoms with Crippen LogP contribution in [0.15, 0.2) is 67.0 Å². The van der Waals surface area contributed by atoms with Crippen molar-refractivity contribution in [3.8, 4) is 39.3 Å². The number of hydrogen-bond acceptors (Lipinski definition) is 2. The molecule has 0 spiro atoms. The molecule has 5 aromatic rings. The number of aryl methyl sites for hydroxylation is 4. The average molecular weight is 664 g/mol. The first-order chi connectivity index (χ1) is 23.9. The van der Waals surface area contributed by atoms with E-state index in [0.717, 1.165) is 17.2 Å². The van der Waals surface area contributed by atoms with Gasteiger partial charge in [-0.15, -0.1) is 0 Å². The molecule has 0 N–H and O–H groups in total. The van der Waals surface area contributed by atoms with Gasteiger partial charge in [0.2, 0.25) is 0 Å². The molecule has 3 aromatic carbocycles. The zero-order valence-corrected chi connectivity index (χ0v) is 32.2. The van der Waals surface area contributed by atoms with Crippen LogP contribution in [0.4, 0.5) is 0 Å². The van der Waals surface area contributed by atoms with Crippen molar-refractivity contribution in [3.05, 3.63) is 112 Å². The minimum Gasteiger partial charge on any atom is -0.299 e. The van der Waals surface area contributed by atoms with Crippen LogP contribution in [0.3, 0.4) is 0 Å². The van der Waals surface area contributed by atoms with E-state index in [1.165, 1.54) is 99.8 Å². The Labute approximate surface area is 301 Å². The number of rotatable bonds is 9. The van der Waals surface area contributed by atoms with E-state index in [1.807, 2.05) is 6.20 Å². The van der Waals surface area contributed by atoms with E-state index >= 15 is 0 Å². The summed E-state index contributed by atoms with van der Waals surface area (Å²) in [6, 6.07) is 21.5. The molecule has 2 aliphatic rings. The molecule has 1 unspecified atom stereocenters. The molecule has 50 heavy (non-hydrogen) atoms. The van der Waals surface area contributed by atoms with Crippen molar-refractivity contribution >= 4 is 0 Å². The summed E-state index contributed by atoms with van der Waals surface area (Å²) in [6.45, 7) is 23.0. The quantitative estimate of drug-likeness (QED) is 0.157. The van der Waals surface area contributed by atoms with Gasteiger partial charge in [-0.2, -0.15) is 0 Å². The molecule has 0 bridgehead atoms. The molecule has 3 heteroatoms. The SMILES string of the molecule is CC[C@H]1CC1(C)c1ccc(-c2c(C)cc(-c3cc(C)nc(C)c3)cc2C)cc1-c1nccn1-c1c(C(C)C)cc(C2CCCC2)cc1C(C)C. The zero-order chi connectivity index (χ0) is 35.5. The molecular weight excluding hydrogens is 607 g/mol. The van der Waals surface area contributed by atoms with Gasteiger partial charge < -0.3 is 0 Å². The van der Waals surface area contributed by atoms with Gasteiger partial charge in [-0.1, -0.05) is 97.2 Å². The third-order valence-corrected chi connectivity index (χ3v) is 12.2. The molecule has 260 valence electrons. The Balaban J connectivity index is 1.41. The lowest BCUT2D eigenvalue weighted by Gasteiger charge is -2.26. The molecule has 0 amide bonds. The molecule has 2 saturated carbocycles. The first-order valence-electron chi connectivity index (χ1n) is 19.3. The number of hydrogen-bond donors (Lipinski definition) is 0. The van der Waals surface area contributed by atoms with Crippen molar-refractivity contribution in [2.45, 2.75) is 131 Å². The van der Waals surface area contributed by atoms with Gasteiger partial charge in [-0.05, 0) is 150 Å². The van der Waals surface area contributed by atoms with Crippen molar-refractivity contribution in [1.29, 1.82) is 0 Å². The van der Waals surface area contributed by atoms with Gasteiger partial charge in [0, 0.05) is 29.3 Å². The second-order valence-corrected chi connectivity index (χ2v) is 16.6. The minimum absolute atomic E-state index is 0.165. The van der Waals surface area contributed by atoms with Crippen molar-refractivity contribution in [3.63, 3.8) is 0 Å². The molecule has 2 heterocycles. The lowest BCUT2D eigenvalue weighted by molar-refractivity contribution is 0.643. The van der Waals surface area contributed by atoms with Crippen molar-refractivity contribution in [2.24, 2.45) is 5.92 Å². The lowest BCUT2D eigenvalue weighted by Crippen LogP contribution is -2.12. The van der Waals surface area contributed by atoms with Crippen LogP contribution in [-0.4, -0.2) is 14.5 Å². The fraction of sp³-hybridized carbons (Fsp3) is 0.447. The fourth-order valence-electron chi connectivity index (χ4n) is 9.39. The normalized spacial score (nSPS) is 19.2. The first-order valence-corrected chi connectivity index (χ1v) is 19.3. The summed E-state index contributed by atoms with van der Waals surface area (Å²) in [5.74, 6) is 3.28. The Hall–Kier alpha value is -3.98. The second-order valence-electron chi connectivity index (χ2n) is 16.6. The van der Waals surface area contributed by atoms with Gasteiger partial charge in [0.25, 0.3) is 0 Å². The minimum atomic E-state index is 0.165. The highest BCUT2D eigenvalue weighted by Gasteiger charge is 2.51. The van der Waals surface area contributed by atoms with Gasteiger partial charge in [-0.3, -0.25) is 9.55 Å². The molecule has 2 aromatic heterocycles. The standard InChI is InChI=1S/C47H57N3/c1-11-39-27-47(39,10)43-17-16-35(44-30(6)20-36(21-31(44)7)37-22-32(8)49-33(9)23-37)24-42(43)46-48-18-19-50(46)45-40(28(2)3)25-38(26-41(45)29(4)5)34-14-12-13-15-34/h16-26,28-29,34,39H,11-15,27H2,1-10H3/t39-,47?/m0/s1. The predicted molar refractivity (Wildman–Crippen MR) is 212 cm³/mol. The Morgan fingerprint density at radius 2 is 1.38 bits per heavy atom. The lowest BCUT2D eigenvalue weighted by atomic mass is 9.84. The third-order valence-electron chi connectivity index (χ3n) is 12.2. The number of nitrogens with zero attached hydrogens (tertiary/aromatic N) is 3. The van der Waals surface area contributed by atoms with E-state index < -0.39 is 0 Å². The molecule has 2 atom stereocenters.